The van der Waals surface area contributed by atoms with Gasteiger partial charge in [0.05, 0.1) is 24.6 Å². The largest absolute Gasteiger partial charge is 0.378 e. The number of anilines is 2. The minimum absolute atomic E-state index is 0.0121. The standard InChI is InChI=1S/C13H16N4O4/c18-13-4-8-3-12(17(19)20)11(5-10(8)16-13)15-6-9-7-21-2-1-14-9/h3,5,9,14-15H,1-2,4,6-7H2,(H,16,18). The molecule has 0 saturated carbocycles. The number of nitro benzene ring substituents is 1. The summed E-state index contributed by atoms with van der Waals surface area (Å²) in [4.78, 5) is 22.1. The van der Waals surface area contributed by atoms with Crippen LogP contribution < -0.4 is 16.0 Å². The summed E-state index contributed by atoms with van der Waals surface area (Å²) >= 11 is 0. The molecule has 0 spiro atoms. The highest BCUT2D eigenvalue weighted by Gasteiger charge is 2.25. The second-order valence-corrected chi connectivity index (χ2v) is 5.12. The van der Waals surface area contributed by atoms with Gasteiger partial charge in [-0.15, -0.1) is 0 Å². The van der Waals surface area contributed by atoms with Crippen molar-refractivity contribution in [2.24, 2.45) is 0 Å². The predicted octanol–water partition coefficient (Wildman–Crippen LogP) is 0.490. The predicted molar refractivity (Wildman–Crippen MR) is 76.5 cm³/mol. The number of fused-ring (bicyclic) bond motifs is 1. The van der Waals surface area contributed by atoms with Gasteiger partial charge in [-0.1, -0.05) is 0 Å². The van der Waals surface area contributed by atoms with Gasteiger partial charge in [-0.3, -0.25) is 14.9 Å². The zero-order valence-electron chi connectivity index (χ0n) is 11.3. The molecule has 1 atom stereocenters. The van der Waals surface area contributed by atoms with Crippen molar-refractivity contribution in [1.29, 1.82) is 0 Å². The first kappa shape index (κ1) is 13.8. The van der Waals surface area contributed by atoms with E-state index in [1.54, 1.807) is 6.07 Å². The highest BCUT2D eigenvalue weighted by molar-refractivity contribution is 6.00. The van der Waals surface area contributed by atoms with Gasteiger partial charge in [0, 0.05) is 30.9 Å². The number of morpholine rings is 1. The van der Waals surface area contributed by atoms with Gasteiger partial charge in [0.2, 0.25) is 5.91 Å². The quantitative estimate of drug-likeness (QED) is 0.551. The number of ether oxygens (including phenoxy) is 1. The average Bonchev–Trinajstić information content (AvgIpc) is 2.84. The molecule has 3 N–H and O–H groups in total. The molecule has 2 aliphatic heterocycles. The van der Waals surface area contributed by atoms with Crippen molar-refractivity contribution in [2.45, 2.75) is 12.5 Å². The minimum atomic E-state index is -0.434. The maximum atomic E-state index is 11.4. The molecule has 1 amide bonds. The van der Waals surface area contributed by atoms with E-state index in [2.05, 4.69) is 16.0 Å². The first-order chi connectivity index (χ1) is 10.1. The fourth-order valence-corrected chi connectivity index (χ4v) is 2.54. The maximum absolute atomic E-state index is 11.4. The lowest BCUT2D eigenvalue weighted by Gasteiger charge is -2.24. The third-order valence-electron chi connectivity index (χ3n) is 3.58. The summed E-state index contributed by atoms with van der Waals surface area (Å²) in [5, 5.41) is 20.2. The molecule has 0 aliphatic carbocycles. The molecule has 1 aromatic carbocycles. The second kappa shape index (κ2) is 5.66. The van der Waals surface area contributed by atoms with Gasteiger partial charge in [-0.25, -0.2) is 0 Å². The van der Waals surface area contributed by atoms with Crippen LogP contribution in [-0.2, 0) is 16.0 Å². The summed E-state index contributed by atoms with van der Waals surface area (Å²) in [5.74, 6) is -0.140. The number of nitrogens with zero attached hydrogens (tertiary/aromatic N) is 1. The van der Waals surface area contributed by atoms with Crippen molar-refractivity contribution >= 4 is 23.0 Å². The summed E-state index contributed by atoms with van der Waals surface area (Å²) in [6.07, 6.45) is 0.189. The van der Waals surface area contributed by atoms with Crippen LogP contribution in [0.4, 0.5) is 17.1 Å². The van der Waals surface area contributed by atoms with E-state index in [9.17, 15) is 14.9 Å². The van der Waals surface area contributed by atoms with Crippen LogP contribution in [0, 0.1) is 10.1 Å². The number of hydrogen-bond acceptors (Lipinski definition) is 6. The van der Waals surface area contributed by atoms with Gasteiger partial charge in [-0.2, -0.15) is 0 Å². The van der Waals surface area contributed by atoms with Gasteiger partial charge in [0.1, 0.15) is 5.69 Å². The SMILES string of the molecule is O=C1Cc2cc([N+](=O)[O-])c(NCC3COCCN3)cc2N1. The molecule has 3 rings (SSSR count). The Morgan fingerprint density at radius 3 is 3.05 bits per heavy atom. The van der Waals surface area contributed by atoms with Crippen molar-refractivity contribution in [3.05, 3.63) is 27.8 Å². The first-order valence-electron chi connectivity index (χ1n) is 6.79. The number of amides is 1. The summed E-state index contributed by atoms with van der Waals surface area (Å²) in [6.45, 7) is 2.55. The molecule has 1 saturated heterocycles. The Hall–Kier alpha value is -2.19. The van der Waals surface area contributed by atoms with Crippen LogP contribution in [0.15, 0.2) is 12.1 Å². The highest BCUT2D eigenvalue weighted by atomic mass is 16.6. The van der Waals surface area contributed by atoms with Crippen molar-refractivity contribution < 1.29 is 14.5 Å². The van der Waals surface area contributed by atoms with E-state index in [0.29, 0.717) is 36.7 Å². The van der Waals surface area contributed by atoms with Crippen molar-refractivity contribution in [3.8, 4) is 0 Å². The Labute approximate surface area is 121 Å². The lowest BCUT2D eigenvalue weighted by atomic mass is 10.1. The maximum Gasteiger partial charge on any atom is 0.292 e. The van der Waals surface area contributed by atoms with Crippen LogP contribution in [0.1, 0.15) is 5.56 Å². The van der Waals surface area contributed by atoms with E-state index in [1.807, 2.05) is 0 Å². The lowest BCUT2D eigenvalue weighted by molar-refractivity contribution is -0.384. The van der Waals surface area contributed by atoms with Crippen LogP contribution in [0.2, 0.25) is 0 Å². The normalized spacial score (nSPS) is 20.8. The smallest absolute Gasteiger partial charge is 0.292 e. The third kappa shape index (κ3) is 2.96. The van der Waals surface area contributed by atoms with Gasteiger partial charge in [-0.05, 0) is 11.6 Å². The molecule has 112 valence electrons. The topological polar surface area (TPSA) is 106 Å². The number of nitro groups is 1. The van der Waals surface area contributed by atoms with E-state index in [1.165, 1.54) is 6.07 Å². The van der Waals surface area contributed by atoms with Crippen LogP contribution in [0.25, 0.3) is 0 Å². The molecular formula is C13H16N4O4. The molecule has 2 heterocycles. The number of nitrogens with one attached hydrogen (secondary N) is 3. The van der Waals surface area contributed by atoms with Crippen molar-refractivity contribution in [3.63, 3.8) is 0 Å². The number of rotatable bonds is 4. The molecule has 1 unspecified atom stereocenters. The Balaban J connectivity index is 1.78. The highest BCUT2D eigenvalue weighted by Crippen LogP contribution is 2.34. The molecule has 1 aromatic rings. The van der Waals surface area contributed by atoms with Crippen LogP contribution >= 0.6 is 0 Å². The molecule has 0 bridgehead atoms. The fourth-order valence-electron chi connectivity index (χ4n) is 2.54. The lowest BCUT2D eigenvalue weighted by Crippen LogP contribution is -2.45. The molecule has 1 fully saturated rings. The molecule has 2 aliphatic rings. The fraction of sp³-hybridized carbons (Fsp3) is 0.462. The molecule has 8 heteroatoms. The van der Waals surface area contributed by atoms with E-state index >= 15 is 0 Å². The Morgan fingerprint density at radius 2 is 2.33 bits per heavy atom. The zero-order valence-corrected chi connectivity index (χ0v) is 11.3. The number of benzene rings is 1. The average molecular weight is 292 g/mol. The van der Waals surface area contributed by atoms with E-state index < -0.39 is 4.92 Å². The van der Waals surface area contributed by atoms with Crippen molar-refractivity contribution in [2.75, 3.05) is 36.9 Å². The Morgan fingerprint density at radius 1 is 1.48 bits per heavy atom. The second-order valence-electron chi connectivity index (χ2n) is 5.12. The molecule has 8 nitrogen and oxygen atoms in total. The van der Waals surface area contributed by atoms with Gasteiger partial charge in [0.25, 0.3) is 5.69 Å². The van der Waals surface area contributed by atoms with Crippen molar-refractivity contribution in [1.82, 2.24) is 5.32 Å². The summed E-state index contributed by atoms with van der Waals surface area (Å²) in [5.41, 5.74) is 1.70. The first-order valence-corrected chi connectivity index (χ1v) is 6.79. The molecular weight excluding hydrogens is 276 g/mol. The van der Waals surface area contributed by atoms with E-state index in [0.717, 1.165) is 6.54 Å². The van der Waals surface area contributed by atoms with Crippen LogP contribution in [0.5, 0.6) is 0 Å². The van der Waals surface area contributed by atoms with Gasteiger partial charge >= 0.3 is 0 Å². The molecule has 21 heavy (non-hydrogen) atoms. The number of carbonyl (C=O) groups excluding carboxylic acids is 1. The van der Waals surface area contributed by atoms with Gasteiger partial charge in [0.15, 0.2) is 0 Å². The summed E-state index contributed by atoms with van der Waals surface area (Å²) in [6, 6.07) is 3.20. The van der Waals surface area contributed by atoms with Crippen LogP contribution in [0.3, 0.4) is 0 Å². The van der Waals surface area contributed by atoms with Crippen LogP contribution in [-0.4, -0.2) is 43.2 Å². The molecule has 0 radical (unpaired) electrons. The van der Waals surface area contributed by atoms with E-state index in [4.69, 9.17) is 4.74 Å². The Kier molecular flexibility index (Phi) is 3.72. The molecule has 0 aromatic heterocycles. The zero-order chi connectivity index (χ0) is 14.8. The summed E-state index contributed by atoms with van der Waals surface area (Å²) in [7, 11) is 0. The third-order valence-corrected chi connectivity index (χ3v) is 3.58. The monoisotopic (exact) mass is 292 g/mol. The number of hydrogen-bond donors (Lipinski definition) is 3. The van der Waals surface area contributed by atoms with E-state index in [-0.39, 0.29) is 24.1 Å². The summed E-state index contributed by atoms with van der Waals surface area (Å²) < 4.78 is 5.34. The Bertz CT molecular complexity index is 584. The minimum Gasteiger partial charge on any atom is -0.378 e. The van der Waals surface area contributed by atoms with Gasteiger partial charge < -0.3 is 20.7 Å². The number of carbonyl (C=O) groups is 1.